The molecule has 0 atom stereocenters. The summed E-state index contributed by atoms with van der Waals surface area (Å²) in [5, 5.41) is 2.56. The molecule has 28 heavy (non-hydrogen) atoms. The third-order valence-corrected chi connectivity index (χ3v) is 4.01. The van der Waals surface area contributed by atoms with E-state index >= 15 is 0 Å². The van der Waals surface area contributed by atoms with Crippen LogP contribution in [0, 0.1) is 13.8 Å². The first-order valence-electron chi connectivity index (χ1n) is 8.68. The van der Waals surface area contributed by atoms with E-state index in [1.165, 1.54) is 13.0 Å². The van der Waals surface area contributed by atoms with Crippen molar-refractivity contribution in [2.75, 3.05) is 18.5 Å². The molecule has 0 aliphatic rings. The topological polar surface area (TPSA) is 115 Å². The van der Waals surface area contributed by atoms with Crippen molar-refractivity contribution in [2.45, 2.75) is 27.7 Å². The van der Waals surface area contributed by atoms with Crippen molar-refractivity contribution in [2.24, 2.45) is 0 Å². The van der Waals surface area contributed by atoms with Crippen LogP contribution >= 0.6 is 0 Å². The quantitative estimate of drug-likeness (QED) is 0.559. The minimum Gasteiger partial charge on any atom is -0.461 e. The van der Waals surface area contributed by atoms with Crippen LogP contribution in [-0.2, 0) is 14.3 Å². The molecular formula is C20H22N2O6. The van der Waals surface area contributed by atoms with E-state index < -0.39 is 24.5 Å². The molecule has 0 aliphatic carbocycles. The van der Waals surface area contributed by atoms with Crippen LogP contribution in [-0.4, -0.2) is 41.8 Å². The minimum atomic E-state index is -0.727. The molecule has 8 nitrogen and oxygen atoms in total. The van der Waals surface area contributed by atoms with Gasteiger partial charge < -0.3 is 19.8 Å². The lowest BCUT2D eigenvalue weighted by Crippen LogP contribution is -2.21. The molecule has 2 aromatic rings. The lowest BCUT2D eigenvalue weighted by Gasteiger charge is -2.08. The summed E-state index contributed by atoms with van der Waals surface area (Å²) in [6.45, 7) is 6.03. The third-order valence-electron chi connectivity index (χ3n) is 4.01. The number of rotatable bonds is 7. The van der Waals surface area contributed by atoms with Gasteiger partial charge in [0.05, 0.1) is 12.2 Å². The normalized spacial score (nSPS) is 10.3. The molecule has 0 bridgehead atoms. The SMILES string of the molecule is CCOC(=O)c1[nH]c(C)c(C(=O)OCC(=O)Nc2cccc(C(C)=O)c2)c1C. The monoisotopic (exact) mass is 386 g/mol. The largest absolute Gasteiger partial charge is 0.461 e. The van der Waals surface area contributed by atoms with Gasteiger partial charge in [-0.25, -0.2) is 9.59 Å². The van der Waals surface area contributed by atoms with Crippen molar-refractivity contribution >= 4 is 29.3 Å². The molecule has 0 radical (unpaired) electrons. The van der Waals surface area contributed by atoms with Gasteiger partial charge in [0.15, 0.2) is 12.4 Å². The summed E-state index contributed by atoms with van der Waals surface area (Å²) in [7, 11) is 0. The average molecular weight is 386 g/mol. The van der Waals surface area contributed by atoms with Gasteiger partial charge >= 0.3 is 11.9 Å². The second-order valence-corrected chi connectivity index (χ2v) is 6.11. The van der Waals surface area contributed by atoms with Gasteiger partial charge in [0, 0.05) is 16.9 Å². The summed E-state index contributed by atoms with van der Waals surface area (Å²) >= 11 is 0. The van der Waals surface area contributed by atoms with Crippen molar-refractivity contribution in [1.29, 1.82) is 0 Å². The number of hydrogen-bond acceptors (Lipinski definition) is 6. The van der Waals surface area contributed by atoms with Gasteiger partial charge in [-0.15, -0.1) is 0 Å². The summed E-state index contributed by atoms with van der Waals surface area (Å²) in [6, 6.07) is 6.44. The van der Waals surface area contributed by atoms with Crippen LogP contribution in [0.4, 0.5) is 5.69 Å². The van der Waals surface area contributed by atoms with Gasteiger partial charge in [0.1, 0.15) is 5.69 Å². The number of anilines is 1. The maximum absolute atomic E-state index is 12.4. The number of esters is 2. The number of carbonyl (C=O) groups is 4. The van der Waals surface area contributed by atoms with Crippen molar-refractivity contribution in [1.82, 2.24) is 4.98 Å². The van der Waals surface area contributed by atoms with Crippen molar-refractivity contribution < 1.29 is 28.7 Å². The molecule has 2 N–H and O–H groups in total. The second kappa shape index (κ2) is 8.98. The lowest BCUT2D eigenvalue weighted by molar-refractivity contribution is -0.119. The molecule has 148 valence electrons. The smallest absolute Gasteiger partial charge is 0.355 e. The number of H-pyrrole nitrogens is 1. The zero-order valence-electron chi connectivity index (χ0n) is 16.2. The fourth-order valence-corrected chi connectivity index (χ4v) is 2.68. The summed E-state index contributed by atoms with van der Waals surface area (Å²) in [5.41, 5.74) is 2.09. The zero-order chi connectivity index (χ0) is 20.8. The average Bonchev–Trinajstić information content (AvgIpc) is 2.94. The first-order valence-corrected chi connectivity index (χ1v) is 8.68. The van der Waals surface area contributed by atoms with Crippen LogP contribution in [0.15, 0.2) is 24.3 Å². The first kappa shape index (κ1) is 20.9. The number of Topliss-reactive ketones (excluding diaryl/α,β-unsaturated/α-hetero) is 1. The van der Waals surface area contributed by atoms with Gasteiger partial charge in [0.25, 0.3) is 5.91 Å². The van der Waals surface area contributed by atoms with Gasteiger partial charge in [0.2, 0.25) is 0 Å². The molecule has 0 saturated carbocycles. The van der Waals surface area contributed by atoms with E-state index in [0.29, 0.717) is 22.5 Å². The molecule has 1 heterocycles. The number of aromatic nitrogens is 1. The zero-order valence-corrected chi connectivity index (χ0v) is 16.2. The maximum atomic E-state index is 12.4. The highest BCUT2D eigenvalue weighted by Gasteiger charge is 2.24. The summed E-state index contributed by atoms with van der Waals surface area (Å²) < 4.78 is 10.0. The Balaban J connectivity index is 2.02. The predicted octanol–water partition coefficient (Wildman–Crippen LogP) is 2.81. The Labute approximate surface area is 162 Å². The number of hydrogen-bond donors (Lipinski definition) is 2. The fraction of sp³-hybridized carbons (Fsp3) is 0.300. The van der Waals surface area contributed by atoms with Crippen LogP contribution in [0.1, 0.15) is 56.3 Å². The highest BCUT2D eigenvalue weighted by atomic mass is 16.5. The highest BCUT2D eigenvalue weighted by Crippen LogP contribution is 2.20. The number of aromatic amines is 1. The maximum Gasteiger partial charge on any atom is 0.355 e. The van der Waals surface area contributed by atoms with Gasteiger partial charge in [-0.2, -0.15) is 0 Å². The van der Waals surface area contributed by atoms with E-state index in [0.717, 1.165) is 0 Å². The van der Waals surface area contributed by atoms with E-state index in [4.69, 9.17) is 9.47 Å². The van der Waals surface area contributed by atoms with Crippen LogP contribution in [0.3, 0.4) is 0 Å². The minimum absolute atomic E-state index is 0.127. The number of nitrogens with one attached hydrogen (secondary N) is 2. The van der Waals surface area contributed by atoms with E-state index in [1.54, 1.807) is 39.0 Å². The van der Waals surface area contributed by atoms with Crippen LogP contribution in [0.25, 0.3) is 0 Å². The molecule has 8 heteroatoms. The molecule has 1 aromatic heterocycles. The van der Waals surface area contributed by atoms with Crippen molar-refractivity contribution in [3.63, 3.8) is 0 Å². The Morgan fingerprint density at radius 1 is 1.07 bits per heavy atom. The fourth-order valence-electron chi connectivity index (χ4n) is 2.68. The summed E-state index contributed by atoms with van der Waals surface area (Å²) in [6.07, 6.45) is 0. The molecule has 1 aromatic carbocycles. The number of ketones is 1. The van der Waals surface area contributed by atoms with Crippen LogP contribution < -0.4 is 5.32 Å². The molecule has 0 unspecified atom stereocenters. The van der Waals surface area contributed by atoms with E-state index in [1.807, 2.05) is 0 Å². The molecule has 2 rings (SSSR count). The van der Waals surface area contributed by atoms with E-state index in [2.05, 4.69) is 10.3 Å². The third kappa shape index (κ3) is 4.85. The van der Waals surface area contributed by atoms with Gasteiger partial charge in [-0.05, 0) is 45.4 Å². The molecule has 0 fully saturated rings. The number of amides is 1. The second-order valence-electron chi connectivity index (χ2n) is 6.11. The standard InChI is InChI=1S/C20H22N2O6/c1-5-27-20(26)18-11(2)17(12(3)21-18)19(25)28-10-16(24)22-15-8-6-7-14(9-15)13(4)23/h6-9,21H,5,10H2,1-4H3,(H,22,24). The Kier molecular flexibility index (Phi) is 6.70. The molecule has 0 spiro atoms. The molecule has 0 saturated heterocycles. The Morgan fingerprint density at radius 3 is 2.43 bits per heavy atom. The lowest BCUT2D eigenvalue weighted by atomic mass is 10.1. The molecular weight excluding hydrogens is 364 g/mol. The summed E-state index contributed by atoms with van der Waals surface area (Å²) in [5.74, 6) is -1.97. The van der Waals surface area contributed by atoms with E-state index in [9.17, 15) is 19.2 Å². The predicted molar refractivity (Wildman–Crippen MR) is 102 cm³/mol. The number of carbonyl (C=O) groups excluding carboxylic acids is 4. The first-order chi connectivity index (χ1) is 13.2. The number of aryl methyl sites for hydroxylation is 1. The molecule has 0 aliphatic heterocycles. The number of benzene rings is 1. The Bertz CT molecular complexity index is 929. The van der Waals surface area contributed by atoms with Gasteiger partial charge in [-0.3, -0.25) is 9.59 Å². The highest BCUT2D eigenvalue weighted by molar-refractivity contribution is 6.00. The Hall–Kier alpha value is -3.42. The van der Waals surface area contributed by atoms with Gasteiger partial charge in [-0.1, -0.05) is 12.1 Å². The van der Waals surface area contributed by atoms with Crippen molar-refractivity contribution in [3.8, 4) is 0 Å². The van der Waals surface area contributed by atoms with Crippen molar-refractivity contribution in [3.05, 3.63) is 52.3 Å². The summed E-state index contributed by atoms with van der Waals surface area (Å²) in [4.78, 5) is 50.5. The number of ether oxygens (including phenoxy) is 2. The van der Waals surface area contributed by atoms with Crippen LogP contribution in [0.2, 0.25) is 0 Å². The van der Waals surface area contributed by atoms with E-state index in [-0.39, 0.29) is 23.6 Å². The van der Waals surface area contributed by atoms with Crippen LogP contribution in [0.5, 0.6) is 0 Å². The molecule has 1 amide bonds. The Morgan fingerprint density at radius 2 is 1.79 bits per heavy atom.